The number of nitrogens with one attached hydrogen (secondary N) is 7. The third kappa shape index (κ3) is 71.7. The molecule has 0 aliphatic heterocycles. The highest BCUT2D eigenvalue weighted by Gasteiger charge is 2.39. The first-order valence-electron chi connectivity index (χ1n) is 41.6. The first kappa shape index (κ1) is 116. The van der Waals surface area contributed by atoms with Crippen LogP contribution in [0.4, 0.5) is 0 Å². The summed E-state index contributed by atoms with van der Waals surface area (Å²) in [7, 11) is 0. The van der Waals surface area contributed by atoms with Crippen LogP contribution in [0.3, 0.4) is 0 Å². The Labute approximate surface area is 692 Å². The second-order valence-corrected chi connectivity index (χ2v) is 41.2. The molecular formula is C92H177N7O14. The lowest BCUT2D eigenvalue weighted by Gasteiger charge is -2.32. The van der Waals surface area contributed by atoms with Crippen molar-refractivity contribution in [3.8, 4) is 0 Å². The van der Waals surface area contributed by atoms with Crippen molar-refractivity contribution < 1.29 is 66.7 Å². The summed E-state index contributed by atoms with van der Waals surface area (Å²) >= 11 is 0. The van der Waals surface area contributed by atoms with Crippen LogP contribution in [-0.2, 0) is 66.7 Å². The minimum atomic E-state index is -0.454. The van der Waals surface area contributed by atoms with Crippen LogP contribution in [0.1, 0.15) is 320 Å². The second-order valence-electron chi connectivity index (χ2n) is 41.2. The topological polar surface area (TPSA) is 268 Å². The Morgan fingerprint density at radius 1 is 0.381 bits per heavy atom. The lowest BCUT2D eigenvalue weighted by Crippen LogP contribution is -2.50. The monoisotopic (exact) mass is 1600 g/mol. The van der Waals surface area contributed by atoms with E-state index in [-0.39, 0.29) is 121 Å². The molecule has 9 unspecified atom stereocenters. The molecule has 113 heavy (non-hydrogen) atoms. The van der Waals surface area contributed by atoms with Gasteiger partial charge >= 0.3 is 0 Å². The fraction of sp³-hybridized carbons (Fsp3) is 0.815. The predicted octanol–water partition coefficient (Wildman–Crippen LogP) is 18.0. The van der Waals surface area contributed by atoms with Gasteiger partial charge in [-0.25, -0.2) is 0 Å². The van der Waals surface area contributed by atoms with E-state index in [0.29, 0.717) is 70.9 Å². The lowest BCUT2D eigenvalue weighted by molar-refractivity contribution is -0.140. The highest BCUT2D eigenvalue weighted by molar-refractivity contribution is 5.84. The van der Waals surface area contributed by atoms with Crippen molar-refractivity contribution >= 4 is 41.4 Å². The first-order chi connectivity index (χ1) is 51.0. The fourth-order valence-corrected chi connectivity index (χ4v) is 10.9. The molecule has 2 rings (SSSR count). The lowest BCUT2D eigenvalue weighted by atomic mass is 9.88. The zero-order valence-corrected chi connectivity index (χ0v) is 79.4. The van der Waals surface area contributed by atoms with Gasteiger partial charge in [-0.1, -0.05) is 139 Å². The van der Waals surface area contributed by atoms with Gasteiger partial charge in [-0.05, 0) is 245 Å². The maximum atomic E-state index is 12.1. The largest absolute Gasteiger partial charge is 0.369 e. The van der Waals surface area contributed by atoms with Gasteiger partial charge in [-0.3, -0.25) is 33.6 Å². The summed E-state index contributed by atoms with van der Waals surface area (Å²) < 4.78 is 38.6. The molecule has 0 radical (unpaired) electrons. The predicted molar refractivity (Wildman–Crippen MR) is 472 cm³/mol. The summed E-state index contributed by atoms with van der Waals surface area (Å²) in [5.41, 5.74) is -0.618. The molecule has 0 spiro atoms. The van der Waals surface area contributed by atoms with E-state index < -0.39 is 24.4 Å². The smallest absolute Gasteiger partial charge is 0.250 e. The molecule has 2 saturated carbocycles. The molecule has 2 aliphatic rings. The SMILES string of the molecule is C=C(C)CC(OCC)C(=O)NC(C)(C)C.C=CCOC(C(=O)NC(C)(C)C)C(C)(C)C.C=CCOC(C(=O)NC(C)(C)C)C(C)C.C=CCOC(CC(C)(C)C)C(=O)NC(C)(C)C.C=CCOC(CC1CC1C)C(=O)NC(C)(C)C.CCOC(CC(C)(C)C)C(=O)NC(C)(C)C.CCOC(CC1CCCC1)C(=O)NC(C)(C)C. The zero-order chi connectivity index (χ0) is 89.7. The van der Waals surface area contributed by atoms with Crippen molar-refractivity contribution in [1.82, 2.24) is 37.2 Å². The Balaban J connectivity index is -0.000000402. The van der Waals surface area contributed by atoms with Gasteiger partial charge in [0, 0.05) is 65.0 Å². The Bertz CT molecular complexity index is 2720. The van der Waals surface area contributed by atoms with Gasteiger partial charge in [0.1, 0.15) is 42.7 Å². The molecule has 9 atom stereocenters. The van der Waals surface area contributed by atoms with Crippen LogP contribution in [0.2, 0.25) is 0 Å². The molecule has 0 aromatic carbocycles. The Hall–Kier alpha value is -5.29. The third-order valence-electron chi connectivity index (χ3n) is 15.5. The van der Waals surface area contributed by atoms with Crippen LogP contribution in [0.5, 0.6) is 0 Å². The van der Waals surface area contributed by atoms with E-state index >= 15 is 0 Å². The van der Waals surface area contributed by atoms with E-state index in [1.807, 2.05) is 208 Å². The summed E-state index contributed by atoms with van der Waals surface area (Å²) in [4.78, 5) is 83.9. The Kier molecular flexibility index (Phi) is 57.0. The van der Waals surface area contributed by atoms with Gasteiger partial charge in [-0.15, -0.1) is 32.9 Å². The molecule has 0 aromatic rings. The quantitative estimate of drug-likeness (QED) is 0.0296. The molecule has 2 fully saturated rings. The maximum Gasteiger partial charge on any atom is 0.250 e. The van der Waals surface area contributed by atoms with Gasteiger partial charge in [-0.2, -0.15) is 0 Å². The average Bonchev–Trinajstić information content (AvgIpc) is 1.79. The van der Waals surface area contributed by atoms with Gasteiger partial charge < -0.3 is 70.4 Å². The highest BCUT2D eigenvalue weighted by Crippen LogP contribution is 2.42. The molecule has 664 valence electrons. The van der Waals surface area contributed by atoms with Crippen molar-refractivity contribution in [1.29, 1.82) is 0 Å². The number of hydrogen-bond acceptors (Lipinski definition) is 14. The van der Waals surface area contributed by atoms with Crippen molar-refractivity contribution in [3.63, 3.8) is 0 Å². The van der Waals surface area contributed by atoms with Crippen molar-refractivity contribution in [3.05, 3.63) is 62.8 Å². The molecule has 0 bridgehead atoms. The molecule has 7 amide bonds. The molecular weight excluding hydrogens is 1430 g/mol. The zero-order valence-electron chi connectivity index (χ0n) is 79.4. The minimum Gasteiger partial charge on any atom is -0.369 e. The van der Waals surface area contributed by atoms with Crippen LogP contribution in [0.15, 0.2) is 62.8 Å². The Morgan fingerprint density at radius 2 is 0.646 bits per heavy atom. The average molecular weight is 1610 g/mol. The number of rotatable bonds is 34. The summed E-state index contributed by atoms with van der Waals surface area (Å²) in [6.45, 7) is 95.3. The first-order valence-corrected chi connectivity index (χ1v) is 41.6. The molecule has 0 heterocycles. The van der Waals surface area contributed by atoms with Crippen LogP contribution >= 0.6 is 0 Å². The number of ether oxygens (including phenoxy) is 7. The van der Waals surface area contributed by atoms with E-state index in [2.05, 4.69) is 119 Å². The van der Waals surface area contributed by atoms with Crippen LogP contribution in [-0.4, -0.2) is 169 Å². The summed E-state index contributed by atoms with van der Waals surface area (Å²) in [6, 6.07) is 0. The van der Waals surface area contributed by atoms with Gasteiger partial charge in [0.15, 0.2) is 0 Å². The normalized spacial score (nSPS) is 16.5. The highest BCUT2D eigenvalue weighted by atomic mass is 16.5. The van der Waals surface area contributed by atoms with E-state index in [4.69, 9.17) is 33.2 Å². The van der Waals surface area contributed by atoms with E-state index in [1.54, 1.807) is 24.3 Å². The van der Waals surface area contributed by atoms with Crippen LogP contribution < -0.4 is 37.2 Å². The summed E-state index contributed by atoms with van der Waals surface area (Å²) in [5.74, 6) is 2.03. The minimum absolute atomic E-state index is 0.00144. The van der Waals surface area contributed by atoms with Crippen molar-refractivity contribution in [2.75, 3.05) is 46.2 Å². The van der Waals surface area contributed by atoms with Crippen molar-refractivity contribution in [2.45, 2.75) is 402 Å². The molecule has 7 N–H and O–H groups in total. The standard InChI is InChI=1S/C14H25NO2.2C14H27NO2.C13H27NO2.C13H25NO2.2C12H23NO2/c1-6-7-17-12(9-11-8-10(11)2)13(16)15-14(3,4)5;1-5-17-12(10-11-8-6-7-9-11)13(16)15-14(2,3)4;1-8-9-17-11(10-13(2,3)4)12(16)15-14(5,6)7;1-8-16-10(9-12(2,3)4)11(15)14-13(5,6)7;1-8-9-16-10(12(2,3)4)11(15)14-13(5,6)7;1-7-15-10(8-9(2)3)11(14)13-12(4,5)6;1-7-8-15-10(9(2)3)11(14)13-12(4,5)6/h6,10-12H,1,7-9H2,2-5H3,(H,15,16);11-12H,5-10H2,1-4H3,(H,15,16);8,11H,1,9-10H2,2-7H3,(H,15,16);10H,8-9H2,1-7H3,(H,14,15);8,10H,1,9H2,2-7H3,(H,14,15);10H,2,7-8H2,1,3-6H3,(H,13,14);7,9-10H,1,8H2,2-6H3,(H,13,14). The second kappa shape index (κ2) is 55.4. The molecule has 2 aliphatic carbocycles. The van der Waals surface area contributed by atoms with Crippen LogP contribution in [0.25, 0.3) is 0 Å². The van der Waals surface area contributed by atoms with E-state index in [9.17, 15) is 33.6 Å². The molecule has 0 aromatic heterocycles. The Morgan fingerprint density at radius 3 is 0.938 bits per heavy atom. The van der Waals surface area contributed by atoms with Crippen LogP contribution in [0, 0.1) is 39.9 Å². The number of carbonyl (C=O) groups is 7. The van der Waals surface area contributed by atoms with Crippen molar-refractivity contribution in [2.24, 2.45) is 39.9 Å². The third-order valence-corrected chi connectivity index (χ3v) is 15.5. The van der Waals surface area contributed by atoms with Gasteiger partial charge in [0.25, 0.3) is 0 Å². The van der Waals surface area contributed by atoms with E-state index in [1.165, 1.54) is 32.1 Å². The molecule has 21 nitrogen and oxygen atoms in total. The number of hydrogen-bond donors (Lipinski definition) is 7. The fourth-order valence-electron chi connectivity index (χ4n) is 10.9. The summed E-state index contributed by atoms with van der Waals surface area (Å²) in [5, 5.41) is 20.7. The molecule has 0 saturated heterocycles. The molecule has 21 heteroatoms. The number of amides is 7. The van der Waals surface area contributed by atoms with Gasteiger partial charge in [0.2, 0.25) is 41.4 Å². The maximum absolute atomic E-state index is 12.1. The van der Waals surface area contributed by atoms with E-state index in [0.717, 1.165) is 30.8 Å². The number of carbonyl (C=O) groups excluding carboxylic acids is 7. The summed E-state index contributed by atoms with van der Waals surface area (Å²) in [6.07, 6.45) is 14.1. The van der Waals surface area contributed by atoms with Gasteiger partial charge in [0.05, 0.1) is 26.4 Å².